The molecule has 2 amide bonds. The number of aromatic nitrogens is 3. The number of benzene rings is 1. The molecule has 2 saturated heterocycles. The van der Waals surface area contributed by atoms with Crippen molar-refractivity contribution in [1.82, 2.24) is 19.9 Å². The number of halogens is 1. The van der Waals surface area contributed by atoms with Crippen molar-refractivity contribution < 1.29 is 13.9 Å². The van der Waals surface area contributed by atoms with Crippen molar-refractivity contribution in [1.29, 1.82) is 0 Å². The first kappa shape index (κ1) is 21.7. The number of ether oxygens (including phenoxy) is 1. The van der Waals surface area contributed by atoms with Crippen LogP contribution in [0.1, 0.15) is 51.4 Å². The Labute approximate surface area is 192 Å². The highest BCUT2D eigenvalue weighted by molar-refractivity contribution is 5.93. The van der Waals surface area contributed by atoms with Crippen molar-refractivity contribution >= 4 is 29.6 Å². The van der Waals surface area contributed by atoms with Crippen LogP contribution in [0.3, 0.4) is 0 Å². The molecule has 3 heterocycles. The lowest BCUT2D eigenvalue weighted by atomic mass is 10.1. The van der Waals surface area contributed by atoms with Gasteiger partial charge >= 0.3 is 6.03 Å². The maximum atomic E-state index is 14.2. The number of amides is 2. The van der Waals surface area contributed by atoms with Gasteiger partial charge in [-0.1, -0.05) is 25.7 Å². The highest BCUT2D eigenvalue weighted by Gasteiger charge is 2.42. The SMILES string of the molecule is COc1ccc(Nc2nc(NC3CCCCCC3)nc(N3CC4CCCN4C3=O)n2)cc1F. The molecule has 1 unspecified atom stereocenters. The zero-order chi connectivity index (χ0) is 22.8. The molecule has 5 rings (SSSR count). The smallest absolute Gasteiger partial charge is 0.327 e. The lowest BCUT2D eigenvalue weighted by molar-refractivity contribution is 0.219. The topological polar surface area (TPSA) is 95.5 Å². The number of anilines is 4. The number of urea groups is 1. The third-order valence-electron chi connectivity index (χ3n) is 6.71. The number of hydrogen-bond acceptors (Lipinski definition) is 7. The molecule has 2 aliphatic heterocycles. The molecule has 1 atom stereocenters. The van der Waals surface area contributed by atoms with Gasteiger partial charge in [0.2, 0.25) is 17.8 Å². The predicted octanol–water partition coefficient (Wildman–Crippen LogP) is 4.30. The molecule has 9 nitrogen and oxygen atoms in total. The molecule has 1 saturated carbocycles. The van der Waals surface area contributed by atoms with Crippen LogP contribution < -0.4 is 20.3 Å². The van der Waals surface area contributed by atoms with E-state index in [2.05, 4.69) is 25.6 Å². The van der Waals surface area contributed by atoms with Crippen LogP contribution in [0, 0.1) is 5.82 Å². The molecule has 1 aromatic heterocycles. The summed E-state index contributed by atoms with van der Waals surface area (Å²) in [4.78, 5) is 30.2. The van der Waals surface area contributed by atoms with E-state index in [4.69, 9.17) is 4.74 Å². The maximum Gasteiger partial charge on any atom is 0.327 e. The number of nitrogens with one attached hydrogen (secondary N) is 2. The van der Waals surface area contributed by atoms with Gasteiger partial charge < -0.3 is 20.3 Å². The molecule has 0 radical (unpaired) electrons. The summed E-state index contributed by atoms with van der Waals surface area (Å²) in [5.41, 5.74) is 0.485. The molecule has 33 heavy (non-hydrogen) atoms. The van der Waals surface area contributed by atoms with E-state index in [0.717, 1.165) is 32.2 Å². The van der Waals surface area contributed by atoms with Crippen LogP contribution in [-0.4, -0.2) is 58.2 Å². The van der Waals surface area contributed by atoms with E-state index in [1.165, 1.54) is 38.9 Å². The van der Waals surface area contributed by atoms with Crippen LogP contribution in [0.5, 0.6) is 5.75 Å². The van der Waals surface area contributed by atoms with Crippen molar-refractivity contribution in [2.45, 2.75) is 63.5 Å². The van der Waals surface area contributed by atoms with Gasteiger partial charge in [-0.3, -0.25) is 4.90 Å². The Balaban J connectivity index is 1.43. The number of fused-ring (bicyclic) bond motifs is 1. The fraction of sp³-hybridized carbons (Fsp3) is 0.565. The van der Waals surface area contributed by atoms with Gasteiger partial charge in [0, 0.05) is 24.3 Å². The minimum atomic E-state index is -0.482. The maximum absolute atomic E-state index is 14.2. The Hall–Kier alpha value is -3.17. The Bertz CT molecular complexity index is 1010. The summed E-state index contributed by atoms with van der Waals surface area (Å²) >= 11 is 0. The first-order chi connectivity index (χ1) is 16.1. The third-order valence-corrected chi connectivity index (χ3v) is 6.71. The van der Waals surface area contributed by atoms with Crippen molar-refractivity contribution in [2.75, 3.05) is 35.7 Å². The van der Waals surface area contributed by atoms with E-state index in [-0.39, 0.29) is 29.8 Å². The van der Waals surface area contributed by atoms with Crippen molar-refractivity contribution in [3.63, 3.8) is 0 Å². The summed E-state index contributed by atoms with van der Waals surface area (Å²) < 4.78 is 19.2. The number of methoxy groups -OCH3 is 1. The fourth-order valence-corrected chi connectivity index (χ4v) is 4.97. The molecule has 3 aliphatic rings. The molecular weight excluding hydrogens is 425 g/mol. The van der Waals surface area contributed by atoms with Crippen LogP contribution in [0.4, 0.5) is 32.7 Å². The summed E-state index contributed by atoms with van der Waals surface area (Å²) in [5.74, 6) is 0.695. The molecule has 10 heteroatoms. The summed E-state index contributed by atoms with van der Waals surface area (Å²) in [5, 5.41) is 6.52. The van der Waals surface area contributed by atoms with Crippen LogP contribution in [0.2, 0.25) is 0 Å². The highest BCUT2D eigenvalue weighted by Crippen LogP contribution is 2.30. The van der Waals surface area contributed by atoms with E-state index in [1.807, 2.05) is 4.90 Å². The molecule has 1 aromatic carbocycles. The molecule has 0 bridgehead atoms. The standard InChI is InChI=1S/C23H30FN7O2/c1-33-19-11-10-16(13-18(19)24)26-21-27-20(25-15-7-4-2-3-5-8-15)28-22(29-21)31-14-17-9-6-12-30(17)23(31)32/h10-11,13,15,17H,2-9,12,14H2,1H3,(H2,25,26,27,28,29). The first-order valence-electron chi connectivity index (χ1n) is 11.8. The second kappa shape index (κ2) is 9.36. The number of carbonyl (C=O) groups excluding carboxylic acids is 1. The van der Waals surface area contributed by atoms with Gasteiger partial charge in [-0.25, -0.2) is 9.18 Å². The average molecular weight is 456 g/mol. The lowest BCUT2D eigenvalue weighted by Gasteiger charge is -2.20. The van der Waals surface area contributed by atoms with E-state index >= 15 is 0 Å². The van der Waals surface area contributed by atoms with Gasteiger partial charge in [0.05, 0.1) is 19.7 Å². The Morgan fingerprint density at radius 2 is 1.82 bits per heavy atom. The first-order valence-corrected chi connectivity index (χ1v) is 11.8. The van der Waals surface area contributed by atoms with Crippen LogP contribution in [-0.2, 0) is 0 Å². The van der Waals surface area contributed by atoms with E-state index in [1.54, 1.807) is 17.0 Å². The molecular formula is C23H30FN7O2. The summed E-state index contributed by atoms with van der Waals surface area (Å²) in [6, 6.07) is 5.00. The molecule has 2 aromatic rings. The van der Waals surface area contributed by atoms with Gasteiger partial charge in [0.25, 0.3) is 0 Å². The number of rotatable bonds is 6. The van der Waals surface area contributed by atoms with Gasteiger partial charge in [-0.2, -0.15) is 15.0 Å². The van der Waals surface area contributed by atoms with Crippen molar-refractivity contribution in [3.05, 3.63) is 24.0 Å². The van der Waals surface area contributed by atoms with Gasteiger partial charge in [0.1, 0.15) is 0 Å². The minimum Gasteiger partial charge on any atom is -0.494 e. The number of hydrogen-bond donors (Lipinski definition) is 2. The Kier molecular flexibility index (Phi) is 6.15. The van der Waals surface area contributed by atoms with Crippen LogP contribution in [0.15, 0.2) is 18.2 Å². The zero-order valence-corrected chi connectivity index (χ0v) is 18.9. The van der Waals surface area contributed by atoms with Gasteiger partial charge in [0.15, 0.2) is 11.6 Å². The number of carbonyl (C=O) groups is 1. The van der Waals surface area contributed by atoms with Gasteiger partial charge in [-0.05, 0) is 37.8 Å². The second-order valence-corrected chi connectivity index (χ2v) is 8.97. The van der Waals surface area contributed by atoms with Crippen LogP contribution >= 0.6 is 0 Å². The third kappa shape index (κ3) is 4.65. The molecule has 0 spiro atoms. The van der Waals surface area contributed by atoms with E-state index in [0.29, 0.717) is 24.1 Å². The average Bonchev–Trinajstić information content (AvgIpc) is 3.28. The van der Waals surface area contributed by atoms with E-state index < -0.39 is 5.82 Å². The zero-order valence-electron chi connectivity index (χ0n) is 18.9. The summed E-state index contributed by atoms with van der Waals surface area (Å²) in [6.07, 6.45) is 8.99. The van der Waals surface area contributed by atoms with E-state index in [9.17, 15) is 9.18 Å². The Morgan fingerprint density at radius 3 is 2.55 bits per heavy atom. The van der Waals surface area contributed by atoms with Crippen LogP contribution in [0.25, 0.3) is 0 Å². The Morgan fingerprint density at radius 1 is 1.03 bits per heavy atom. The van der Waals surface area contributed by atoms with Crippen molar-refractivity contribution in [3.8, 4) is 5.75 Å². The largest absolute Gasteiger partial charge is 0.494 e. The normalized spacial score (nSPS) is 21.2. The second-order valence-electron chi connectivity index (χ2n) is 8.97. The fourth-order valence-electron chi connectivity index (χ4n) is 4.97. The summed E-state index contributed by atoms with van der Waals surface area (Å²) in [6.45, 7) is 1.34. The molecule has 3 fully saturated rings. The van der Waals surface area contributed by atoms with Gasteiger partial charge in [-0.15, -0.1) is 0 Å². The minimum absolute atomic E-state index is 0.0643. The molecule has 176 valence electrons. The monoisotopic (exact) mass is 455 g/mol. The van der Waals surface area contributed by atoms with Crippen molar-refractivity contribution in [2.24, 2.45) is 0 Å². The summed E-state index contributed by atoms with van der Waals surface area (Å²) in [7, 11) is 1.42. The molecule has 1 aliphatic carbocycles. The quantitative estimate of drug-likeness (QED) is 0.627. The highest BCUT2D eigenvalue weighted by atomic mass is 19.1. The number of nitrogens with zero attached hydrogens (tertiary/aromatic N) is 5. The molecule has 2 N–H and O–H groups in total. The predicted molar refractivity (Wildman–Crippen MR) is 124 cm³/mol. The lowest BCUT2D eigenvalue weighted by Crippen LogP contribution is -2.33.